The molecule has 1 aliphatic heterocycles. The van der Waals surface area contributed by atoms with E-state index in [1.54, 1.807) is 0 Å². The molecule has 2 heterocycles. The van der Waals surface area contributed by atoms with Crippen molar-refractivity contribution in [3.63, 3.8) is 0 Å². The minimum atomic E-state index is -2.89. The summed E-state index contributed by atoms with van der Waals surface area (Å²) < 4.78 is 53.9. The molecule has 0 aliphatic carbocycles. The summed E-state index contributed by atoms with van der Waals surface area (Å²) in [6.07, 6.45) is 0. The van der Waals surface area contributed by atoms with Gasteiger partial charge in [-0.05, 0) is 35.0 Å². The molecule has 1 aromatic heterocycles. The van der Waals surface area contributed by atoms with E-state index in [9.17, 15) is 27.2 Å². The van der Waals surface area contributed by atoms with Crippen molar-refractivity contribution in [1.29, 1.82) is 0 Å². The van der Waals surface area contributed by atoms with Gasteiger partial charge in [-0.15, -0.1) is 0 Å². The highest BCUT2D eigenvalue weighted by molar-refractivity contribution is 9.10. The first-order valence-electron chi connectivity index (χ1n) is 8.15. The highest BCUT2D eigenvalue weighted by atomic mass is 79.9. The van der Waals surface area contributed by atoms with E-state index in [0.717, 1.165) is 12.1 Å². The van der Waals surface area contributed by atoms with Crippen molar-refractivity contribution in [3.8, 4) is 0 Å². The molecule has 1 aliphatic rings. The Morgan fingerprint density at radius 2 is 2.04 bits per heavy atom. The van der Waals surface area contributed by atoms with Gasteiger partial charge in [-0.1, -0.05) is 0 Å². The third-order valence-electron chi connectivity index (χ3n) is 4.62. The van der Waals surface area contributed by atoms with Crippen LogP contribution in [-0.4, -0.2) is 40.1 Å². The maximum absolute atomic E-state index is 13.8. The van der Waals surface area contributed by atoms with E-state index in [-0.39, 0.29) is 28.1 Å². The number of benzene rings is 1. The molecule has 150 valence electrons. The number of rotatable bonds is 4. The van der Waals surface area contributed by atoms with E-state index in [0.29, 0.717) is 10.7 Å². The fourth-order valence-corrected chi connectivity index (χ4v) is 3.74. The number of hydrogen-bond donors (Lipinski definition) is 1. The Hall–Kier alpha value is -2.43. The van der Waals surface area contributed by atoms with Crippen LogP contribution in [0.5, 0.6) is 0 Å². The van der Waals surface area contributed by atoms with Gasteiger partial charge in [0.25, 0.3) is 0 Å². The van der Waals surface area contributed by atoms with Crippen molar-refractivity contribution < 1.29 is 27.2 Å². The number of carbonyl (C=O) groups excluding carboxylic acids is 2. The second-order valence-corrected chi connectivity index (χ2v) is 7.22. The monoisotopic (exact) mass is 462 g/mol. The molecule has 2 amide bonds. The Morgan fingerprint density at radius 3 is 2.61 bits per heavy atom. The van der Waals surface area contributed by atoms with Gasteiger partial charge < -0.3 is 10.2 Å². The maximum atomic E-state index is 13.8. The van der Waals surface area contributed by atoms with E-state index in [1.807, 2.05) is 0 Å². The summed E-state index contributed by atoms with van der Waals surface area (Å²) in [5.41, 5.74) is -0.00757. The number of halogens is 5. The molecular weight excluding hydrogens is 448 g/mol. The lowest BCUT2D eigenvalue weighted by atomic mass is 9.91. The molecule has 1 unspecified atom stereocenters. The minimum absolute atomic E-state index is 0.0705. The number of nitrogens with zero attached hydrogens (tertiary/aromatic N) is 3. The number of anilines is 1. The zero-order chi connectivity index (χ0) is 20.7. The van der Waals surface area contributed by atoms with E-state index in [2.05, 4.69) is 26.3 Å². The van der Waals surface area contributed by atoms with Crippen LogP contribution in [0.25, 0.3) is 0 Å². The molecule has 0 radical (unpaired) electrons. The third-order valence-corrected chi connectivity index (χ3v) is 5.60. The number of aromatic nitrogens is 2. The first kappa shape index (κ1) is 20.3. The molecule has 0 saturated carbocycles. The van der Waals surface area contributed by atoms with Gasteiger partial charge in [0.1, 0.15) is 17.6 Å². The van der Waals surface area contributed by atoms with Gasteiger partial charge in [-0.3, -0.25) is 9.59 Å². The molecule has 0 spiro atoms. The van der Waals surface area contributed by atoms with Gasteiger partial charge >= 0.3 is 6.55 Å². The first-order valence-corrected chi connectivity index (χ1v) is 8.94. The number of hydrogen-bond acceptors (Lipinski definition) is 3. The fourth-order valence-electron chi connectivity index (χ4n) is 3.19. The standard InChI is InChI=1S/C17H15BrF4N4O2/c1-7-13(18)14(24-26(7)17(21)22)9-6-25(2)16(28)12(9)15(27)23-11-4-3-8(19)5-10(11)20/h3-5,9,12,17H,6H2,1-2H3,(H,23,27)/t9-,12?/m0/s1. The summed E-state index contributed by atoms with van der Waals surface area (Å²) in [6, 6.07) is 2.59. The van der Waals surface area contributed by atoms with Crippen molar-refractivity contribution in [2.24, 2.45) is 5.92 Å². The SMILES string of the molecule is Cc1c(Br)c([C@H]2CN(C)C(=O)C2C(=O)Nc2ccc(F)cc2F)nn1C(F)F. The number of amides is 2. The number of likely N-dealkylation sites (tertiary alicyclic amines) is 1. The van der Waals surface area contributed by atoms with Gasteiger partial charge in [-0.25, -0.2) is 13.5 Å². The Kier molecular flexibility index (Phi) is 5.46. The molecular formula is C17H15BrF4N4O2. The lowest BCUT2D eigenvalue weighted by molar-refractivity contribution is -0.135. The summed E-state index contributed by atoms with van der Waals surface area (Å²) in [7, 11) is 1.46. The van der Waals surface area contributed by atoms with Crippen molar-refractivity contribution in [2.45, 2.75) is 19.4 Å². The summed E-state index contributed by atoms with van der Waals surface area (Å²) in [6.45, 7) is -1.39. The van der Waals surface area contributed by atoms with Crippen LogP contribution >= 0.6 is 15.9 Å². The van der Waals surface area contributed by atoms with E-state index in [1.165, 1.54) is 18.9 Å². The van der Waals surface area contributed by atoms with Crippen molar-refractivity contribution in [3.05, 3.63) is 45.7 Å². The largest absolute Gasteiger partial charge is 0.344 e. The number of alkyl halides is 2. The lowest BCUT2D eigenvalue weighted by Crippen LogP contribution is -2.33. The van der Waals surface area contributed by atoms with Crippen LogP contribution in [0.1, 0.15) is 23.9 Å². The molecule has 1 fully saturated rings. The van der Waals surface area contributed by atoms with Crippen molar-refractivity contribution in [1.82, 2.24) is 14.7 Å². The van der Waals surface area contributed by atoms with Crippen LogP contribution < -0.4 is 5.32 Å². The normalized spacial score (nSPS) is 19.6. The van der Waals surface area contributed by atoms with E-state index >= 15 is 0 Å². The Labute approximate surface area is 165 Å². The van der Waals surface area contributed by atoms with Crippen LogP contribution in [0, 0.1) is 24.5 Å². The minimum Gasteiger partial charge on any atom is -0.344 e. The van der Waals surface area contributed by atoms with E-state index in [4.69, 9.17) is 0 Å². The predicted octanol–water partition coefficient (Wildman–Crippen LogP) is 3.44. The third kappa shape index (κ3) is 3.50. The Bertz CT molecular complexity index is 949. The van der Waals surface area contributed by atoms with Crippen LogP contribution in [-0.2, 0) is 9.59 Å². The summed E-state index contributed by atoms with van der Waals surface area (Å²) in [5.74, 6) is -5.33. The summed E-state index contributed by atoms with van der Waals surface area (Å²) in [4.78, 5) is 26.5. The topological polar surface area (TPSA) is 67.2 Å². The molecule has 1 N–H and O–H groups in total. The molecule has 6 nitrogen and oxygen atoms in total. The van der Waals surface area contributed by atoms with Crippen LogP contribution in [0.4, 0.5) is 23.2 Å². The summed E-state index contributed by atoms with van der Waals surface area (Å²) >= 11 is 3.20. The zero-order valence-electron chi connectivity index (χ0n) is 14.7. The smallest absolute Gasteiger partial charge is 0.333 e. The number of nitrogens with one attached hydrogen (secondary N) is 1. The summed E-state index contributed by atoms with van der Waals surface area (Å²) in [5, 5.41) is 6.13. The molecule has 2 aromatic rings. The van der Waals surface area contributed by atoms with Crippen LogP contribution in [0.3, 0.4) is 0 Å². The second kappa shape index (κ2) is 7.53. The molecule has 1 saturated heterocycles. The zero-order valence-corrected chi connectivity index (χ0v) is 16.3. The molecule has 11 heteroatoms. The molecule has 0 bridgehead atoms. The Balaban J connectivity index is 1.95. The predicted molar refractivity (Wildman–Crippen MR) is 94.8 cm³/mol. The van der Waals surface area contributed by atoms with Crippen molar-refractivity contribution in [2.75, 3.05) is 18.9 Å². The van der Waals surface area contributed by atoms with Crippen LogP contribution in [0.15, 0.2) is 22.7 Å². The highest BCUT2D eigenvalue weighted by Crippen LogP contribution is 2.39. The average molecular weight is 463 g/mol. The van der Waals surface area contributed by atoms with Gasteiger partial charge in [0, 0.05) is 25.6 Å². The maximum Gasteiger partial charge on any atom is 0.333 e. The van der Waals surface area contributed by atoms with Gasteiger partial charge in [0.2, 0.25) is 11.8 Å². The number of likely N-dealkylation sites (N-methyl/N-ethyl adjacent to an activating group) is 1. The van der Waals surface area contributed by atoms with Crippen LogP contribution in [0.2, 0.25) is 0 Å². The fraction of sp³-hybridized carbons (Fsp3) is 0.353. The molecule has 1 aromatic carbocycles. The lowest BCUT2D eigenvalue weighted by Gasteiger charge is -2.16. The van der Waals surface area contributed by atoms with Gasteiger partial charge in [0.15, 0.2) is 0 Å². The van der Waals surface area contributed by atoms with Gasteiger partial charge in [-0.2, -0.15) is 13.9 Å². The first-order chi connectivity index (χ1) is 13.1. The Morgan fingerprint density at radius 1 is 1.36 bits per heavy atom. The molecule has 3 rings (SSSR count). The number of carbonyl (C=O) groups is 2. The quantitative estimate of drug-likeness (QED) is 0.558. The van der Waals surface area contributed by atoms with Gasteiger partial charge in [0.05, 0.1) is 21.5 Å². The molecule has 2 atom stereocenters. The second-order valence-electron chi connectivity index (χ2n) is 6.42. The molecule has 28 heavy (non-hydrogen) atoms. The average Bonchev–Trinajstić information content (AvgIpc) is 3.07. The van der Waals surface area contributed by atoms with Crippen molar-refractivity contribution >= 4 is 33.4 Å². The van der Waals surface area contributed by atoms with E-state index < -0.39 is 41.8 Å². The highest BCUT2D eigenvalue weighted by Gasteiger charge is 2.46.